The number of carbonyl (C=O) groups is 2. The number of carbonyl (C=O) groups excluding carboxylic acids is 2. The highest BCUT2D eigenvalue weighted by Gasteiger charge is 2.40. The predicted molar refractivity (Wildman–Crippen MR) is 158 cm³/mol. The van der Waals surface area contributed by atoms with Crippen LogP contribution in [0.5, 0.6) is 11.5 Å². The van der Waals surface area contributed by atoms with Crippen LogP contribution >= 0.6 is 23.4 Å². The molecule has 9 nitrogen and oxygen atoms in total. The Morgan fingerprint density at radius 3 is 2.76 bits per heavy atom. The monoisotopic (exact) mass is 596 g/mol. The highest BCUT2D eigenvalue weighted by molar-refractivity contribution is 8.00. The van der Waals surface area contributed by atoms with Gasteiger partial charge in [0.05, 0.1) is 28.5 Å². The molecule has 1 fully saturated rings. The van der Waals surface area contributed by atoms with Crippen molar-refractivity contribution in [1.82, 2.24) is 15.1 Å². The normalized spacial score (nSPS) is 20.2. The number of aromatic nitrogens is 2. The van der Waals surface area contributed by atoms with E-state index in [1.54, 1.807) is 15.6 Å². The van der Waals surface area contributed by atoms with Gasteiger partial charge in [0, 0.05) is 29.2 Å². The zero-order valence-electron chi connectivity index (χ0n) is 23.3. The van der Waals surface area contributed by atoms with Gasteiger partial charge in [0.15, 0.2) is 11.5 Å². The van der Waals surface area contributed by atoms with Crippen LogP contribution in [-0.2, 0) is 19.7 Å². The summed E-state index contributed by atoms with van der Waals surface area (Å²) in [6.07, 6.45) is 1.91. The molecule has 3 aromatic rings. The lowest BCUT2D eigenvalue weighted by Gasteiger charge is -2.25. The molecule has 6 rings (SSSR count). The van der Waals surface area contributed by atoms with Crippen molar-refractivity contribution in [1.29, 1.82) is 0 Å². The number of fused-ring (bicyclic) bond motifs is 2. The fourth-order valence-electron chi connectivity index (χ4n) is 5.43. The second-order valence-corrected chi connectivity index (χ2v) is 13.0. The maximum absolute atomic E-state index is 13.8. The minimum atomic E-state index is -0.371. The first-order valence-corrected chi connectivity index (χ1v) is 15.2. The van der Waals surface area contributed by atoms with Crippen LogP contribution in [-0.4, -0.2) is 59.9 Å². The zero-order chi connectivity index (χ0) is 28.7. The summed E-state index contributed by atoms with van der Waals surface area (Å²) in [5, 5.41) is 8.39. The second kappa shape index (κ2) is 11.2. The third-order valence-electron chi connectivity index (χ3n) is 7.40. The number of amides is 2. The Bertz CT molecular complexity index is 1480. The van der Waals surface area contributed by atoms with E-state index in [9.17, 15) is 9.59 Å². The third-order valence-corrected chi connectivity index (χ3v) is 8.89. The van der Waals surface area contributed by atoms with Crippen LogP contribution in [0.2, 0.25) is 5.02 Å². The molecule has 1 N–H and O–H groups in total. The van der Waals surface area contributed by atoms with Gasteiger partial charge in [-0.1, -0.05) is 44.5 Å². The molecule has 3 aliphatic rings. The number of anilines is 1. The van der Waals surface area contributed by atoms with E-state index in [-0.39, 0.29) is 47.7 Å². The molecule has 0 unspecified atom stereocenters. The minimum absolute atomic E-state index is 0.00442. The Labute approximate surface area is 248 Å². The molecule has 0 bridgehead atoms. The van der Waals surface area contributed by atoms with Gasteiger partial charge >= 0.3 is 0 Å². The van der Waals surface area contributed by atoms with E-state index in [2.05, 4.69) is 26.1 Å². The maximum atomic E-state index is 13.8. The number of thioether (sulfide) groups is 1. The van der Waals surface area contributed by atoms with Gasteiger partial charge in [-0.15, -0.1) is 11.8 Å². The van der Waals surface area contributed by atoms with E-state index in [0.29, 0.717) is 41.2 Å². The first-order chi connectivity index (χ1) is 19.7. The number of hydrogen-bond acceptors (Lipinski definition) is 7. The van der Waals surface area contributed by atoms with Gasteiger partial charge in [-0.3, -0.25) is 14.5 Å². The number of nitrogens with zero attached hydrogens (tertiary/aromatic N) is 3. The lowest BCUT2D eigenvalue weighted by atomic mass is 9.87. The zero-order valence-corrected chi connectivity index (χ0v) is 24.9. The van der Waals surface area contributed by atoms with E-state index in [4.69, 9.17) is 30.9 Å². The van der Waals surface area contributed by atoms with Crippen molar-refractivity contribution in [3.05, 3.63) is 64.3 Å². The van der Waals surface area contributed by atoms with Crippen LogP contribution in [0.15, 0.2) is 42.5 Å². The van der Waals surface area contributed by atoms with Gasteiger partial charge in [0.1, 0.15) is 12.4 Å². The van der Waals surface area contributed by atoms with Crippen LogP contribution in [0.25, 0.3) is 5.69 Å². The van der Waals surface area contributed by atoms with Gasteiger partial charge in [-0.05, 0) is 48.7 Å². The summed E-state index contributed by atoms with van der Waals surface area (Å²) < 4.78 is 18.7. The Morgan fingerprint density at radius 2 is 2.00 bits per heavy atom. The van der Waals surface area contributed by atoms with Gasteiger partial charge in [-0.25, -0.2) is 4.68 Å². The van der Waals surface area contributed by atoms with Crippen molar-refractivity contribution in [3.8, 4) is 17.2 Å². The molecule has 41 heavy (non-hydrogen) atoms. The Kier molecular flexibility index (Phi) is 7.65. The number of rotatable bonds is 6. The molecule has 0 radical (unpaired) electrons. The van der Waals surface area contributed by atoms with E-state index < -0.39 is 0 Å². The topological polar surface area (TPSA) is 94.9 Å². The van der Waals surface area contributed by atoms with Crippen LogP contribution < -0.4 is 19.7 Å². The van der Waals surface area contributed by atoms with Crippen LogP contribution in [0, 0.1) is 0 Å². The van der Waals surface area contributed by atoms with Crippen LogP contribution in [0.3, 0.4) is 0 Å². The number of benzene rings is 2. The Balaban J connectivity index is 1.48. The Morgan fingerprint density at radius 1 is 1.17 bits per heavy atom. The fourth-order valence-corrected chi connectivity index (χ4v) is 6.81. The molecule has 0 saturated carbocycles. The molecule has 0 aliphatic carbocycles. The third kappa shape index (κ3) is 5.65. The summed E-state index contributed by atoms with van der Waals surface area (Å²) in [6.45, 7) is 7.47. The predicted octanol–water partition coefficient (Wildman–Crippen LogP) is 5.02. The van der Waals surface area contributed by atoms with E-state index in [1.165, 1.54) is 11.8 Å². The quantitative estimate of drug-likeness (QED) is 0.427. The highest BCUT2D eigenvalue weighted by atomic mass is 35.5. The largest absolute Gasteiger partial charge is 0.454 e. The molecule has 216 valence electrons. The molecule has 2 atom stereocenters. The minimum Gasteiger partial charge on any atom is -0.454 e. The second-order valence-electron chi connectivity index (χ2n) is 11.5. The lowest BCUT2D eigenvalue weighted by Crippen LogP contribution is -2.44. The molecule has 0 spiro atoms. The van der Waals surface area contributed by atoms with Gasteiger partial charge < -0.3 is 19.5 Å². The van der Waals surface area contributed by atoms with Crippen molar-refractivity contribution < 1.29 is 23.8 Å². The molecule has 1 saturated heterocycles. The summed E-state index contributed by atoms with van der Waals surface area (Å²) in [4.78, 5) is 28.7. The number of nitrogens with one attached hydrogen (secondary N) is 1. The average Bonchev–Trinajstić information content (AvgIpc) is 3.69. The number of ether oxygens (including phenoxy) is 3. The highest BCUT2D eigenvalue weighted by Crippen LogP contribution is 2.50. The summed E-state index contributed by atoms with van der Waals surface area (Å²) in [5.74, 6) is 1.70. The van der Waals surface area contributed by atoms with Gasteiger partial charge in [0.2, 0.25) is 18.6 Å². The standard InChI is InChI=1S/C30H33ClN4O5S/c1-30(2,3)28-26-27(18-9-10-22-23(12-18)40-17-39-22)41-16-25(37)34(15-24(36)32-14-21-8-5-11-38-21)29(26)35(33-28)20-7-4-6-19(31)13-20/h4,6-7,9-10,12-13,21,27H,5,8,11,14-17H2,1-3H3,(H,32,36)/t21-,27-/m1/s1. The Hall–Kier alpha value is -3.21. The van der Waals surface area contributed by atoms with Crippen molar-refractivity contribution in [3.63, 3.8) is 0 Å². The molecular weight excluding hydrogens is 564 g/mol. The summed E-state index contributed by atoms with van der Waals surface area (Å²) in [5.41, 5.74) is 3.03. The average molecular weight is 597 g/mol. The first kappa shape index (κ1) is 27.9. The maximum Gasteiger partial charge on any atom is 0.240 e. The van der Waals surface area contributed by atoms with E-state index in [0.717, 1.165) is 29.7 Å². The molecule has 1 aromatic heterocycles. The van der Waals surface area contributed by atoms with Crippen molar-refractivity contribution in [2.45, 2.75) is 50.4 Å². The van der Waals surface area contributed by atoms with Crippen molar-refractivity contribution >= 4 is 41.0 Å². The fraction of sp³-hybridized carbons (Fsp3) is 0.433. The molecular formula is C30H33ClN4O5S. The molecule has 2 aromatic carbocycles. The van der Waals surface area contributed by atoms with Crippen molar-refractivity contribution in [2.24, 2.45) is 0 Å². The molecule has 2 amide bonds. The van der Waals surface area contributed by atoms with Crippen LogP contribution in [0.1, 0.15) is 55.7 Å². The van der Waals surface area contributed by atoms with Gasteiger partial charge in [0.25, 0.3) is 0 Å². The smallest absolute Gasteiger partial charge is 0.240 e. The molecule has 3 aliphatic heterocycles. The summed E-state index contributed by atoms with van der Waals surface area (Å²) in [6, 6.07) is 13.2. The van der Waals surface area contributed by atoms with E-state index >= 15 is 0 Å². The summed E-state index contributed by atoms with van der Waals surface area (Å²) >= 11 is 7.93. The van der Waals surface area contributed by atoms with Crippen molar-refractivity contribution in [2.75, 3.05) is 37.1 Å². The molecule has 4 heterocycles. The van der Waals surface area contributed by atoms with E-state index in [1.807, 2.05) is 36.4 Å². The first-order valence-electron chi connectivity index (χ1n) is 13.8. The van der Waals surface area contributed by atoms with Crippen LogP contribution in [0.4, 0.5) is 5.82 Å². The van der Waals surface area contributed by atoms with Gasteiger partial charge in [-0.2, -0.15) is 5.10 Å². The number of halogens is 1. The number of hydrogen-bond donors (Lipinski definition) is 1. The summed E-state index contributed by atoms with van der Waals surface area (Å²) in [7, 11) is 0. The molecule has 11 heteroatoms. The lowest BCUT2D eigenvalue weighted by molar-refractivity contribution is -0.123. The SMILES string of the molecule is CC(C)(C)c1nn(-c2cccc(Cl)c2)c2c1[C@@H](c1ccc3c(c1)OCO3)SCC(=O)N2CC(=O)NC[C@H]1CCCO1.